The maximum atomic E-state index is 13.1. The Labute approximate surface area is 223 Å². The van der Waals surface area contributed by atoms with Gasteiger partial charge < -0.3 is 15.5 Å². The van der Waals surface area contributed by atoms with Gasteiger partial charge in [0.05, 0.1) is 48.1 Å². The molecule has 4 aromatic heterocycles. The molecule has 0 radical (unpaired) electrons. The van der Waals surface area contributed by atoms with Gasteiger partial charge in [-0.3, -0.25) is 28.9 Å². The van der Waals surface area contributed by atoms with Gasteiger partial charge in [-0.2, -0.15) is 5.10 Å². The van der Waals surface area contributed by atoms with Gasteiger partial charge in [0.2, 0.25) is 11.8 Å². The van der Waals surface area contributed by atoms with E-state index in [1.54, 1.807) is 40.6 Å². The fraction of sp³-hybridized carbons (Fsp3) is 0.346. The van der Waals surface area contributed by atoms with E-state index in [1.807, 2.05) is 29.1 Å². The van der Waals surface area contributed by atoms with E-state index in [2.05, 4.69) is 31.0 Å². The second kappa shape index (κ2) is 9.91. The van der Waals surface area contributed by atoms with Crippen molar-refractivity contribution >= 4 is 34.6 Å². The first kappa shape index (κ1) is 24.7. The maximum Gasteiger partial charge on any atom is 0.278 e. The highest BCUT2D eigenvalue weighted by Gasteiger charge is 2.36. The van der Waals surface area contributed by atoms with Gasteiger partial charge in [0.15, 0.2) is 5.69 Å². The molecular weight excluding hydrogens is 500 g/mol. The summed E-state index contributed by atoms with van der Waals surface area (Å²) in [6.45, 7) is 3.62. The Morgan fingerprint density at radius 1 is 1.13 bits per heavy atom. The largest absolute Gasteiger partial charge is 0.337 e. The van der Waals surface area contributed by atoms with Crippen molar-refractivity contribution in [3.05, 3.63) is 54.4 Å². The summed E-state index contributed by atoms with van der Waals surface area (Å²) >= 11 is 0. The molecule has 0 saturated carbocycles. The molecule has 3 amide bonds. The number of rotatable bonds is 6. The Balaban J connectivity index is 1.12. The molecule has 39 heavy (non-hydrogen) atoms. The molecule has 2 fully saturated rings. The number of fused-ring (bicyclic) bond motifs is 2. The number of hydrogen-bond donors (Lipinski definition) is 2. The molecule has 6 heterocycles. The van der Waals surface area contributed by atoms with Crippen LogP contribution in [0.2, 0.25) is 0 Å². The van der Waals surface area contributed by atoms with E-state index >= 15 is 0 Å². The number of piperazine rings is 1. The van der Waals surface area contributed by atoms with Gasteiger partial charge in [0.25, 0.3) is 5.91 Å². The van der Waals surface area contributed by atoms with E-state index in [9.17, 15) is 14.4 Å². The summed E-state index contributed by atoms with van der Waals surface area (Å²) in [5.41, 5.74) is 4.00. The van der Waals surface area contributed by atoms with E-state index in [0.717, 1.165) is 30.5 Å². The lowest BCUT2D eigenvalue weighted by Gasteiger charge is -2.36. The van der Waals surface area contributed by atoms with E-state index < -0.39 is 5.91 Å². The standard InChI is InChI=1S/C26H28N10O3/c1-16-21(8-19(10-27-16)29-23(37)14-34-13-20-4-3-7-35(20)24(38)15-34)30-26(39)25-22-6-5-17(12-36(22)32-31-25)18-9-28-33(2)11-18/h5-6,8-12,20H,3-4,7,13-15H2,1-2H3,(H,29,37)(H,30,39)/t20-/m0/s1. The van der Waals surface area contributed by atoms with Crippen molar-refractivity contribution in [2.24, 2.45) is 7.05 Å². The quantitative estimate of drug-likeness (QED) is 0.382. The number of aryl methyl sites for hydroxylation is 2. The van der Waals surface area contributed by atoms with Crippen molar-refractivity contribution in [3.8, 4) is 11.1 Å². The highest BCUT2D eigenvalue weighted by atomic mass is 16.2. The van der Waals surface area contributed by atoms with Gasteiger partial charge in [-0.1, -0.05) is 11.3 Å². The SMILES string of the molecule is Cc1ncc(NC(=O)CN2CC(=O)N3CCC[C@H]3C2)cc1NC(=O)c1nnn2cc(-c3cnn(C)c3)ccc12. The number of amides is 3. The van der Waals surface area contributed by atoms with Gasteiger partial charge in [-0.15, -0.1) is 5.10 Å². The average molecular weight is 529 g/mol. The summed E-state index contributed by atoms with van der Waals surface area (Å²) in [5.74, 6) is -0.612. The number of carbonyl (C=O) groups is 3. The van der Waals surface area contributed by atoms with Crippen molar-refractivity contribution in [2.75, 3.05) is 36.8 Å². The smallest absolute Gasteiger partial charge is 0.278 e. The number of pyridine rings is 2. The summed E-state index contributed by atoms with van der Waals surface area (Å²) in [4.78, 5) is 46.4. The van der Waals surface area contributed by atoms with Crippen LogP contribution in [0.3, 0.4) is 0 Å². The highest BCUT2D eigenvalue weighted by Crippen LogP contribution is 2.24. The Morgan fingerprint density at radius 3 is 2.82 bits per heavy atom. The second-order valence-corrected chi connectivity index (χ2v) is 10.0. The summed E-state index contributed by atoms with van der Waals surface area (Å²) in [5, 5.41) is 18.0. The second-order valence-electron chi connectivity index (χ2n) is 10.0. The van der Waals surface area contributed by atoms with Crippen LogP contribution in [-0.2, 0) is 16.6 Å². The molecule has 6 rings (SSSR count). The number of hydrogen-bond acceptors (Lipinski definition) is 8. The van der Waals surface area contributed by atoms with Crippen LogP contribution in [0.1, 0.15) is 29.0 Å². The minimum atomic E-state index is -0.444. The molecule has 1 atom stereocenters. The van der Waals surface area contributed by atoms with Gasteiger partial charge in [-0.25, -0.2) is 4.52 Å². The van der Waals surface area contributed by atoms with E-state index in [-0.39, 0.29) is 36.6 Å². The lowest BCUT2D eigenvalue weighted by atomic mass is 10.1. The van der Waals surface area contributed by atoms with Crippen LogP contribution in [-0.4, -0.2) is 89.3 Å². The lowest BCUT2D eigenvalue weighted by molar-refractivity contribution is -0.138. The van der Waals surface area contributed by atoms with Crippen LogP contribution in [0.15, 0.2) is 43.0 Å². The van der Waals surface area contributed by atoms with E-state index in [4.69, 9.17) is 0 Å². The minimum Gasteiger partial charge on any atom is -0.337 e. The molecule has 0 aliphatic carbocycles. The van der Waals surface area contributed by atoms with Crippen LogP contribution < -0.4 is 10.6 Å². The Bertz CT molecular complexity index is 1590. The molecule has 2 saturated heterocycles. The van der Waals surface area contributed by atoms with Crippen molar-refractivity contribution in [1.29, 1.82) is 0 Å². The molecule has 4 aromatic rings. The number of nitrogens with one attached hydrogen (secondary N) is 2. The molecule has 13 heteroatoms. The summed E-state index contributed by atoms with van der Waals surface area (Å²) in [6.07, 6.45) is 8.96. The van der Waals surface area contributed by atoms with Gasteiger partial charge >= 0.3 is 0 Å². The predicted molar refractivity (Wildman–Crippen MR) is 142 cm³/mol. The van der Waals surface area contributed by atoms with Crippen molar-refractivity contribution in [2.45, 2.75) is 25.8 Å². The summed E-state index contributed by atoms with van der Waals surface area (Å²) in [6, 6.07) is 5.52. The number of carbonyl (C=O) groups excluding carboxylic acids is 3. The molecular formula is C26H28N10O3. The van der Waals surface area contributed by atoms with Crippen LogP contribution in [0.5, 0.6) is 0 Å². The van der Waals surface area contributed by atoms with E-state index in [0.29, 0.717) is 29.1 Å². The molecule has 2 N–H and O–H groups in total. The number of nitrogens with zero attached hydrogens (tertiary/aromatic N) is 8. The van der Waals surface area contributed by atoms with Crippen LogP contribution in [0, 0.1) is 6.92 Å². The third kappa shape index (κ3) is 4.95. The molecule has 200 valence electrons. The molecule has 13 nitrogen and oxygen atoms in total. The Hall–Kier alpha value is -4.65. The van der Waals surface area contributed by atoms with Crippen molar-refractivity contribution < 1.29 is 14.4 Å². The van der Waals surface area contributed by atoms with E-state index in [1.165, 1.54) is 6.20 Å². The monoisotopic (exact) mass is 528 g/mol. The Morgan fingerprint density at radius 2 is 2.00 bits per heavy atom. The predicted octanol–water partition coefficient (Wildman–Crippen LogP) is 1.33. The fourth-order valence-electron chi connectivity index (χ4n) is 5.23. The lowest BCUT2D eigenvalue weighted by Crippen LogP contribution is -2.55. The van der Waals surface area contributed by atoms with Gasteiger partial charge in [-0.05, 0) is 31.9 Å². The topological polar surface area (TPSA) is 143 Å². The van der Waals surface area contributed by atoms with Crippen LogP contribution >= 0.6 is 0 Å². The van der Waals surface area contributed by atoms with Crippen molar-refractivity contribution in [3.63, 3.8) is 0 Å². The van der Waals surface area contributed by atoms with Crippen LogP contribution in [0.4, 0.5) is 11.4 Å². The maximum absolute atomic E-state index is 13.1. The zero-order valence-corrected chi connectivity index (χ0v) is 21.7. The first-order valence-corrected chi connectivity index (χ1v) is 12.8. The molecule has 0 bridgehead atoms. The normalized spacial score (nSPS) is 17.4. The zero-order valence-electron chi connectivity index (χ0n) is 21.7. The highest BCUT2D eigenvalue weighted by molar-refractivity contribution is 6.08. The van der Waals surface area contributed by atoms with Gasteiger partial charge in [0, 0.05) is 49.7 Å². The average Bonchev–Trinajstić information content (AvgIpc) is 3.65. The molecule has 2 aliphatic heterocycles. The molecule has 0 unspecified atom stereocenters. The number of anilines is 2. The van der Waals surface area contributed by atoms with Gasteiger partial charge in [0.1, 0.15) is 0 Å². The minimum absolute atomic E-state index is 0.0770. The third-order valence-corrected chi connectivity index (χ3v) is 7.18. The van der Waals surface area contributed by atoms with Crippen LogP contribution in [0.25, 0.3) is 16.6 Å². The summed E-state index contributed by atoms with van der Waals surface area (Å²) < 4.78 is 3.26. The third-order valence-electron chi connectivity index (χ3n) is 7.18. The first-order valence-electron chi connectivity index (χ1n) is 12.8. The Kier molecular flexibility index (Phi) is 6.27. The summed E-state index contributed by atoms with van der Waals surface area (Å²) in [7, 11) is 1.84. The molecule has 0 aromatic carbocycles. The molecule has 0 spiro atoms. The fourth-order valence-corrected chi connectivity index (χ4v) is 5.23. The zero-order chi connectivity index (χ0) is 27.1. The van der Waals surface area contributed by atoms with Crippen molar-refractivity contribution in [1.82, 2.24) is 39.4 Å². The number of aromatic nitrogens is 6. The molecule has 2 aliphatic rings. The first-order chi connectivity index (χ1) is 18.8.